The Kier molecular flexibility index (Phi) is 5.68. The second kappa shape index (κ2) is 8.53. The average Bonchev–Trinajstić information content (AvgIpc) is 3.40. The SMILES string of the molecule is O=C(c1ccc(OCc2ccncc2)cc1)N1CCCC1CN1CCCC1. The maximum atomic E-state index is 13.0. The number of carbonyl (C=O) groups excluding carboxylic acids is 1. The summed E-state index contributed by atoms with van der Waals surface area (Å²) in [5, 5.41) is 0. The summed E-state index contributed by atoms with van der Waals surface area (Å²) >= 11 is 0. The van der Waals surface area contributed by atoms with Crippen LogP contribution in [0.4, 0.5) is 0 Å². The van der Waals surface area contributed by atoms with Gasteiger partial charge in [0.2, 0.25) is 0 Å². The van der Waals surface area contributed by atoms with E-state index in [0.29, 0.717) is 12.6 Å². The van der Waals surface area contributed by atoms with Crippen molar-refractivity contribution in [2.75, 3.05) is 26.2 Å². The van der Waals surface area contributed by atoms with E-state index >= 15 is 0 Å². The minimum absolute atomic E-state index is 0.150. The van der Waals surface area contributed by atoms with Crippen LogP contribution in [-0.2, 0) is 6.61 Å². The molecule has 2 saturated heterocycles. The molecule has 5 nitrogen and oxygen atoms in total. The van der Waals surface area contributed by atoms with Gasteiger partial charge in [-0.05, 0) is 80.7 Å². The van der Waals surface area contributed by atoms with Crippen molar-refractivity contribution in [3.05, 3.63) is 59.9 Å². The van der Waals surface area contributed by atoms with Crippen molar-refractivity contribution in [3.63, 3.8) is 0 Å². The number of aromatic nitrogens is 1. The lowest BCUT2D eigenvalue weighted by atomic mass is 10.1. The number of carbonyl (C=O) groups is 1. The van der Waals surface area contributed by atoms with Crippen LogP contribution in [0.5, 0.6) is 5.75 Å². The maximum Gasteiger partial charge on any atom is 0.254 e. The predicted octanol–water partition coefficient (Wildman–Crippen LogP) is 3.36. The predicted molar refractivity (Wildman–Crippen MR) is 105 cm³/mol. The molecular formula is C22H27N3O2. The average molecular weight is 365 g/mol. The molecule has 2 aromatic rings. The van der Waals surface area contributed by atoms with Crippen molar-refractivity contribution < 1.29 is 9.53 Å². The Hall–Kier alpha value is -2.40. The van der Waals surface area contributed by atoms with Gasteiger partial charge in [0.05, 0.1) is 0 Å². The molecule has 1 unspecified atom stereocenters. The van der Waals surface area contributed by atoms with Crippen LogP contribution in [0.25, 0.3) is 0 Å². The van der Waals surface area contributed by atoms with Crippen molar-refractivity contribution in [1.29, 1.82) is 0 Å². The molecule has 0 bridgehead atoms. The Bertz CT molecular complexity index is 742. The summed E-state index contributed by atoms with van der Waals surface area (Å²) in [6, 6.07) is 11.8. The van der Waals surface area contributed by atoms with Crippen molar-refractivity contribution in [1.82, 2.24) is 14.8 Å². The monoisotopic (exact) mass is 365 g/mol. The first-order valence-electron chi connectivity index (χ1n) is 9.95. The van der Waals surface area contributed by atoms with Crippen LogP contribution in [0, 0.1) is 0 Å². The summed E-state index contributed by atoms with van der Waals surface area (Å²) in [6.45, 7) is 4.76. The molecule has 0 spiro atoms. The van der Waals surface area contributed by atoms with Crippen LogP contribution in [0.1, 0.15) is 41.6 Å². The van der Waals surface area contributed by atoms with Gasteiger partial charge in [-0.15, -0.1) is 0 Å². The molecule has 4 rings (SSSR count). The lowest BCUT2D eigenvalue weighted by Gasteiger charge is -2.28. The number of likely N-dealkylation sites (tertiary alicyclic amines) is 2. The van der Waals surface area contributed by atoms with Gasteiger partial charge in [-0.1, -0.05) is 0 Å². The number of ether oxygens (including phenoxy) is 1. The van der Waals surface area contributed by atoms with Gasteiger partial charge in [0, 0.05) is 37.1 Å². The Morgan fingerprint density at radius 1 is 1.00 bits per heavy atom. The first kappa shape index (κ1) is 18.0. The maximum absolute atomic E-state index is 13.0. The molecule has 1 atom stereocenters. The Morgan fingerprint density at radius 3 is 2.48 bits per heavy atom. The molecule has 2 fully saturated rings. The third-order valence-corrected chi connectivity index (χ3v) is 5.56. The number of hydrogen-bond donors (Lipinski definition) is 0. The topological polar surface area (TPSA) is 45.7 Å². The molecule has 142 valence electrons. The zero-order valence-corrected chi connectivity index (χ0v) is 15.7. The third-order valence-electron chi connectivity index (χ3n) is 5.56. The Balaban J connectivity index is 1.35. The summed E-state index contributed by atoms with van der Waals surface area (Å²) in [6.07, 6.45) is 8.33. The molecular weight excluding hydrogens is 338 g/mol. The van der Waals surface area contributed by atoms with E-state index in [1.807, 2.05) is 36.4 Å². The zero-order chi connectivity index (χ0) is 18.5. The molecule has 1 amide bonds. The van der Waals surface area contributed by atoms with Crippen LogP contribution in [-0.4, -0.2) is 52.9 Å². The van der Waals surface area contributed by atoms with Gasteiger partial charge in [-0.2, -0.15) is 0 Å². The largest absolute Gasteiger partial charge is 0.489 e. The molecule has 3 heterocycles. The second-order valence-electron chi connectivity index (χ2n) is 7.47. The molecule has 1 aromatic heterocycles. The number of pyridine rings is 1. The highest BCUT2D eigenvalue weighted by Gasteiger charge is 2.31. The first-order chi connectivity index (χ1) is 13.3. The zero-order valence-electron chi connectivity index (χ0n) is 15.7. The van der Waals surface area contributed by atoms with Crippen molar-refractivity contribution >= 4 is 5.91 Å². The molecule has 27 heavy (non-hydrogen) atoms. The fraction of sp³-hybridized carbons (Fsp3) is 0.455. The van der Waals surface area contributed by atoms with Gasteiger partial charge in [-0.3, -0.25) is 9.78 Å². The van der Waals surface area contributed by atoms with E-state index in [1.54, 1.807) is 12.4 Å². The summed E-state index contributed by atoms with van der Waals surface area (Å²) in [5.41, 5.74) is 1.83. The van der Waals surface area contributed by atoms with Crippen LogP contribution in [0.3, 0.4) is 0 Å². The normalized spacial score (nSPS) is 20.1. The summed E-state index contributed by atoms with van der Waals surface area (Å²) in [5.74, 6) is 0.927. The van der Waals surface area contributed by atoms with E-state index in [0.717, 1.165) is 42.8 Å². The molecule has 0 aliphatic carbocycles. The number of benzene rings is 1. The van der Waals surface area contributed by atoms with E-state index < -0.39 is 0 Å². The highest BCUT2D eigenvalue weighted by atomic mass is 16.5. The van der Waals surface area contributed by atoms with E-state index in [1.165, 1.54) is 25.9 Å². The molecule has 0 radical (unpaired) electrons. The number of amides is 1. The Labute approximate surface area is 161 Å². The molecule has 2 aliphatic rings. The molecule has 0 saturated carbocycles. The highest BCUT2D eigenvalue weighted by Crippen LogP contribution is 2.23. The second-order valence-corrected chi connectivity index (χ2v) is 7.47. The van der Waals surface area contributed by atoms with Crippen molar-refractivity contribution in [3.8, 4) is 5.75 Å². The van der Waals surface area contributed by atoms with Gasteiger partial charge >= 0.3 is 0 Å². The quantitative estimate of drug-likeness (QED) is 0.787. The first-order valence-corrected chi connectivity index (χ1v) is 9.95. The summed E-state index contributed by atoms with van der Waals surface area (Å²) < 4.78 is 5.80. The number of hydrogen-bond acceptors (Lipinski definition) is 4. The third kappa shape index (κ3) is 4.48. The number of rotatable bonds is 6. The highest BCUT2D eigenvalue weighted by molar-refractivity contribution is 5.94. The molecule has 2 aliphatic heterocycles. The summed E-state index contributed by atoms with van der Waals surface area (Å²) in [7, 11) is 0. The lowest BCUT2D eigenvalue weighted by Crippen LogP contribution is -2.42. The van der Waals surface area contributed by atoms with Gasteiger partial charge < -0.3 is 14.5 Å². The number of nitrogens with zero attached hydrogens (tertiary/aromatic N) is 3. The molecule has 0 N–H and O–H groups in total. The minimum atomic E-state index is 0.150. The fourth-order valence-corrected chi connectivity index (χ4v) is 4.06. The molecule has 5 heteroatoms. The summed E-state index contributed by atoms with van der Waals surface area (Å²) in [4.78, 5) is 21.6. The van der Waals surface area contributed by atoms with E-state index in [-0.39, 0.29) is 5.91 Å². The van der Waals surface area contributed by atoms with E-state index in [9.17, 15) is 4.79 Å². The Morgan fingerprint density at radius 2 is 1.74 bits per heavy atom. The van der Waals surface area contributed by atoms with Gasteiger partial charge in [0.25, 0.3) is 5.91 Å². The van der Waals surface area contributed by atoms with Crippen molar-refractivity contribution in [2.24, 2.45) is 0 Å². The standard InChI is InChI=1S/C22H27N3O2/c26-22(25-15-3-4-20(25)16-24-13-1-2-14-24)19-5-7-21(8-6-19)27-17-18-9-11-23-12-10-18/h5-12,20H,1-4,13-17H2. The van der Waals surface area contributed by atoms with Crippen LogP contribution < -0.4 is 4.74 Å². The van der Waals surface area contributed by atoms with Crippen molar-refractivity contribution in [2.45, 2.75) is 38.3 Å². The smallest absolute Gasteiger partial charge is 0.254 e. The molecule has 1 aromatic carbocycles. The van der Waals surface area contributed by atoms with E-state index in [2.05, 4.69) is 14.8 Å². The fourth-order valence-electron chi connectivity index (χ4n) is 4.06. The van der Waals surface area contributed by atoms with Gasteiger partial charge in [0.1, 0.15) is 12.4 Å². The van der Waals surface area contributed by atoms with Gasteiger partial charge in [-0.25, -0.2) is 0 Å². The van der Waals surface area contributed by atoms with E-state index in [4.69, 9.17) is 4.74 Å². The van der Waals surface area contributed by atoms with Crippen LogP contribution in [0.15, 0.2) is 48.8 Å². The minimum Gasteiger partial charge on any atom is -0.489 e. The van der Waals surface area contributed by atoms with Crippen LogP contribution >= 0.6 is 0 Å². The van der Waals surface area contributed by atoms with Crippen LogP contribution in [0.2, 0.25) is 0 Å². The van der Waals surface area contributed by atoms with Gasteiger partial charge in [0.15, 0.2) is 0 Å². The lowest BCUT2D eigenvalue weighted by molar-refractivity contribution is 0.0708.